The number of fused-ring (bicyclic) bond motifs is 1. The second kappa shape index (κ2) is 10.0. The van der Waals surface area contributed by atoms with Crippen molar-refractivity contribution in [1.29, 1.82) is 0 Å². The fourth-order valence-electron chi connectivity index (χ4n) is 3.88. The second-order valence-electron chi connectivity index (χ2n) is 7.96. The fourth-order valence-corrected chi connectivity index (χ4v) is 4.44. The van der Waals surface area contributed by atoms with Gasteiger partial charge in [0, 0.05) is 23.9 Å². The van der Waals surface area contributed by atoms with Crippen LogP contribution in [0.4, 0.5) is 5.69 Å². The van der Waals surface area contributed by atoms with E-state index in [1.807, 2.05) is 36.4 Å². The van der Waals surface area contributed by atoms with Gasteiger partial charge in [0.05, 0.1) is 12.8 Å². The van der Waals surface area contributed by atoms with E-state index in [-0.39, 0.29) is 17.5 Å². The molecule has 0 spiro atoms. The number of amides is 2. The molecule has 1 heterocycles. The summed E-state index contributed by atoms with van der Waals surface area (Å²) < 4.78 is 5.20. The number of aromatic nitrogens is 1. The third kappa shape index (κ3) is 4.72. The van der Waals surface area contributed by atoms with Crippen LogP contribution in [0.25, 0.3) is 10.8 Å². The number of ether oxygens (including phenoxy) is 1. The van der Waals surface area contributed by atoms with Gasteiger partial charge in [-0.05, 0) is 53.5 Å². The van der Waals surface area contributed by atoms with Crippen molar-refractivity contribution in [2.75, 3.05) is 25.2 Å². The summed E-state index contributed by atoms with van der Waals surface area (Å²) in [5.41, 5.74) is 2.26. The molecule has 3 aromatic rings. The zero-order chi connectivity index (χ0) is 22.5. The summed E-state index contributed by atoms with van der Waals surface area (Å²) in [6, 6.07) is 15.0. The average Bonchev–Trinajstić information content (AvgIpc) is 2.78. The molecule has 0 unspecified atom stereocenters. The third-order valence-corrected chi connectivity index (χ3v) is 6.48. The molecule has 4 rings (SSSR count). The standard InChI is InChI=1S/C25H27N3O3S/c1-31-22-13-12-21(23(28-22)25(30)26-14-16-6-5-7-16)27-24(29)20-11-10-17(15-32-2)18-8-3-4-9-19(18)20/h3-4,8-13,16H,5-7,14-15H2,1-2H3,(H,26,30)(H,27,29). The highest BCUT2D eigenvalue weighted by atomic mass is 32.2. The minimum Gasteiger partial charge on any atom is -0.481 e. The molecule has 1 aliphatic rings. The quantitative estimate of drug-likeness (QED) is 0.512. The van der Waals surface area contributed by atoms with Gasteiger partial charge in [-0.25, -0.2) is 4.98 Å². The smallest absolute Gasteiger partial charge is 0.272 e. The Morgan fingerprint density at radius 1 is 1.06 bits per heavy atom. The van der Waals surface area contributed by atoms with E-state index in [1.165, 1.54) is 19.1 Å². The van der Waals surface area contributed by atoms with E-state index < -0.39 is 0 Å². The van der Waals surface area contributed by atoms with Crippen molar-refractivity contribution in [2.45, 2.75) is 25.0 Å². The van der Waals surface area contributed by atoms with Crippen LogP contribution in [0.2, 0.25) is 0 Å². The molecule has 1 saturated carbocycles. The minimum atomic E-state index is -0.314. The van der Waals surface area contributed by atoms with Crippen LogP contribution >= 0.6 is 11.8 Å². The van der Waals surface area contributed by atoms with Gasteiger partial charge in [0.25, 0.3) is 11.8 Å². The van der Waals surface area contributed by atoms with E-state index in [1.54, 1.807) is 23.9 Å². The summed E-state index contributed by atoms with van der Waals surface area (Å²) in [5.74, 6) is 1.12. The van der Waals surface area contributed by atoms with Gasteiger partial charge in [0.15, 0.2) is 5.69 Å². The van der Waals surface area contributed by atoms with E-state index in [9.17, 15) is 9.59 Å². The number of hydrogen-bond donors (Lipinski definition) is 2. The topological polar surface area (TPSA) is 80.3 Å². The average molecular weight is 450 g/mol. The maximum absolute atomic E-state index is 13.2. The first kappa shape index (κ1) is 22.1. The molecule has 166 valence electrons. The lowest BCUT2D eigenvalue weighted by Gasteiger charge is -2.25. The van der Waals surface area contributed by atoms with E-state index in [0.717, 1.165) is 29.4 Å². The molecule has 0 aliphatic heterocycles. The summed E-state index contributed by atoms with van der Waals surface area (Å²) in [6.07, 6.45) is 5.54. The number of nitrogens with zero attached hydrogens (tertiary/aromatic N) is 1. The van der Waals surface area contributed by atoms with Crippen LogP contribution in [0.1, 0.15) is 45.7 Å². The van der Waals surface area contributed by atoms with Crippen molar-refractivity contribution in [3.8, 4) is 5.88 Å². The van der Waals surface area contributed by atoms with Crippen LogP contribution in [-0.2, 0) is 5.75 Å². The largest absolute Gasteiger partial charge is 0.481 e. The molecule has 6 nitrogen and oxygen atoms in total. The highest BCUT2D eigenvalue weighted by Gasteiger charge is 2.22. The summed E-state index contributed by atoms with van der Waals surface area (Å²) in [7, 11) is 1.50. The number of thioether (sulfide) groups is 1. The second-order valence-corrected chi connectivity index (χ2v) is 8.83. The number of carbonyl (C=O) groups excluding carboxylic acids is 2. The number of methoxy groups -OCH3 is 1. The Hall–Kier alpha value is -3.06. The highest BCUT2D eigenvalue weighted by molar-refractivity contribution is 7.97. The number of hydrogen-bond acceptors (Lipinski definition) is 5. The number of nitrogens with one attached hydrogen (secondary N) is 2. The lowest BCUT2D eigenvalue weighted by atomic mass is 9.85. The molecular formula is C25H27N3O3S. The van der Waals surface area contributed by atoms with Crippen LogP contribution in [0.3, 0.4) is 0 Å². The van der Waals surface area contributed by atoms with E-state index in [4.69, 9.17) is 4.74 Å². The molecular weight excluding hydrogens is 422 g/mol. The monoisotopic (exact) mass is 449 g/mol. The van der Waals surface area contributed by atoms with Gasteiger partial charge in [-0.1, -0.05) is 36.8 Å². The molecule has 1 aromatic heterocycles. The van der Waals surface area contributed by atoms with Crippen LogP contribution in [0, 0.1) is 5.92 Å². The van der Waals surface area contributed by atoms with Crippen molar-refractivity contribution in [3.63, 3.8) is 0 Å². The first-order valence-electron chi connectivity index (χ1n) is 10.7. The molecule has 0 bridgehead atoms. The molecule has 0 saturated heterocycles. The van der Waals surface area contributed by atoms with E-state index in [2.05, 4.69) is 21.9 Å². The molecule has 0 radical (unpaired) electrons. The lowest BCUT2D eigenvalue weighted by molar-refractivity contribution is 0.0934. The van der Waals surface area contributed by atoms with Gasteiger partial charge in [0.2, 0.25) is 5.88 Å². The number of rotatable bonds is 8. The predicted molar refractivity (Wildman–Crippen MR) is 130 cm³/mol. The fraction of sp³-hybridized carbons (Fsp3) is 0.320. The van der Waals surface area contributed by atoms with Crippen molar-refractivity contribution in [2.24, 2.45) is 5.92 Å². The maximum Gasteiger partial charge on any atom is 0.272 e. The summed E-state index contributed by atoms with van der Waals surface area (Å²) in [6.45, 7) is 0.618. The van der Waals surface area contributed by atoms with Crippen molar-refractivity contribution in [3.05, 3.63) is 65.4 Å². The minimum absolute atomic E-state index is 0.153. The molecule has 0 atom stereocenters. The third-order valence-electron chi connectivity index (χ3n) is 5.88. The van der Waals surface area contributed by atoms with Gasteiger partial charge in [-0.15, -0.1) is 0 Å². The van der Waals surface area contributed by atoms with Crippen LogP contribution < -0.4 is 15.4 Å². The Bertz CT molecular complexity index is 1140. The van der Waals surface area contributed by atoms with Gasteiger partial charge >= 0.3 is 0 Å². The zero-order valence-electron chi connectivity index (χ0n) is 18.3. The highest BCUT2D eigenvalue weighted by Crippen LogP contribution is 2.28. The summed E-state index contributed by atoms with van der Waals surface area (Å²) in [5, 5.41) is 7.78. The van der Waals surface area contributed by atoms with Crippen molar-refractivity contribution < 1.29 is 14.3 Å². The molecule has 2 amide bonds. The van der Waals surface area contributed by atoms with Crippen LogP contribution in [0.15, 0.2) is 48.5 Å². The molecule has 1 fully saturated rings. The Kier molecular flexibility index (Phi) is 6.95. The zero-order valence-corrected chi connectivity index (χ0v) is 19.1. The first-order chi connectivity index (χ1) is 15.6. The molecule has 2 N–H and O–H groups in total. The number of pyridine rings is 1. The number of anilines is 1. The molecule has 1 aliphatic carbocycles. The van der Waals surface area contributed by atoms with Crippen LogP contribution in [-0.4, -0.2) is 36.7 Å². The Balaban J connectivity index is 1.61. The lowest BCUT2D eigenvalue weighted by Crippen LogP contribution is -2.33. The molecule has 32 heavy (non-hydrogen) atoms. The van der Waals surface area contributed by atoms with Gasteiger partial charge in [-0.3, -0.25) is 9.59 Å². The first-order valence-corrected chi connectivity index (χ1v) is 12.1. The normalized spacial score (nSPS) is 13.4. The molecule has 2 aromatic carbocycles. The Morgan fingerprint density at radius 3 is 2.53 bits per heavy atom. The van der Waals surface area contributed by atoms with Crippen molar-refractivity contribution in [1.82, 2.24) is 10.3 Å². The van der Waals surface area contributed by atoms with Crippen LogP contribution in [0.5, 0.6) is 5.88 Å². The van der Waals surface area contributed by atoms with E-state index >= 15 is 0 Å². The molecule has 7 heteroatoms. The summed E-state index contributed by atoms with van der Waals surface area (Å²) >= 11 is 1.74. The van der Waals surface area contributed by atoms with Gasteiger partial charge in [-0.2, -0.15) is 11.8 Å². The SMILES string of the molecule is COc1ccc(NC(=O)c2ccc(CSC)c3ccccc23)c(C(=O)NCC2CCC2)n1. The van der Waals surface area contributed by atoms with Crippen molar-refractivity contribution >= 4 is 40.0 Å². The predicted octanol–water partition coefficient (Wildman–Crippen LogP) is 4.89. The number of carbonyl (C=O) groups is 2. The maximum atomic E-state index is 13.2. The Morgan fingerprint density at radius 2 is 1.84 bits per heavy atom. The van der Waals surface area contributed by atoms with Gasteiger partial charge in [0.1, 0.15) is 0 Å². The number of benzene rings is 2. The van der Waals surface area contributed by atoms with E-state index in [0.29, 0.717) is 29.6 Å². The summed E-state index contributed by atoms with van der Waals surface area (Å²) in [4.78, 5) is 30.4. The van der Waals surface area contributed by atoms with Gasteiger partial charge < -0.3 is 15.4 Å². The Labute approximate surface area is 192 Å².